The molecule has 1 aromatic rings. The van der Waals surface area contributed by atoms with Crippen molar-refractivity contribution in [2.45, 2.75) is 18.9 Å². The highest BCUT2D eigenvalue weighted by Gasteiger charge is 2.22. The second kappa shape index (κ2) is 4.92. The van der Waals surface area contributed by atoms with Crippen LogP contribution in [0.1, 0.15) is 24.4 Å². The van der Waals surface area contributed by atoms with Crippen molar-refractivity contribution in [3.8, 4) is 0 Å². The van der Waals surface area contributed by atoms with E-state index in [0.29, 0.717) is 11.1 Å². The molecule has 3 nitrogen and oxygen atoms in total. The molecule has 2 N–H and O–H groups in total. The first-order valence-corrected chi connectivity index (χ1v) is 5.60. The van der Waals surface area contributed by atoms with Crippen LogP contribution in [-0.2, 0) is 4.74 Å². The first-order valence-electron chi connectivity index (χ1n) is 5.22. The number of nitrogens with two attached hydrogens (primary N) is 1. The molecule has 4 heteroatoms. The molecule has 1 aliphatic heterocycles. The molecule has 0 saturated carbocycles. The highest BCUT2D eigenvalue weighted by molar-refractivity contribution is 6.29. The smallest absolute Gasteiger partial charge is 0.129 e. The van der Waals surface area contributed by atoms with E-state index in [1.165, 1.54) is 0 Å². The summed E-state index contributed by atoms with van der Waals surface area (Å²) in [6.45, 7) is 1.64. The lowest BCUT2D eigenvalue weighted by Gasteiger charge is -2.27. The Morgan fingerprint density at radius 1 is 1.40 bits per heavy atom. The van der Waals surface area contributed by atoms with Gasteiger partial charge < -0.3 is 10.5 Å². The maximum Gasteiger partial charge on any atom is 0.129 e. The summed E-state index contributed by atoms with van der Waals surface area (Å²) < 4.78 is 5.31. The van der Waals surface area contributed by atoms with Crippen LogP contribution in [0.3, 0.4) is 0 Å². The van der Waals surface area contributed by atoms with E-state index in [1.54, 1.807) is 12.3 Å². The van der Waals surface area contributed by atoms with E-state index in [2.05, 4.69) is 4.98 Å². The molecule has 0 spiro atoms. The Morgan fingerprint density at radius 3 is 2.73 bits per heavy atom. The largest absolute Gasteiger partial charge is 0.381 e. The van der Waals surface area contributed by atoms with Crippen LogP contribution in [0.15, 0.2) is 18.3 Å². The summed E-state index contributed by atoms with van der Waals surface area (Å²) >= 11 is 5.73. The Hall–Kier alpha value is -0.640. The van der Waals surface area contributed by atoms with E-state index in [-0.39, 0.29) is 6.04 Å². The van der Waals surface area contributed by atoms with Gasteiger partial charge in [-0.2, -0.15) is 0 Å². The van der Waals surface area contributed by atoms with Gasteiger partial charge in [0.2, 0.25) is 0 Å². The van der Waals surface area contributed by atoms with E-state index in [1.807, 2.05) is 6.07 Å². The van der Waals surface area contributed by atoms with E-state index >= 15 is 0 Å². The third kappa shape index (κ3) is 2.68. The lowest BCUT2D eigenvalue weighted by atomic mass is 9.88. The fraction of sp³-hybridized carbons (Fsp3) is 0.545. The Morgan fingerprint density at radius 2 is 2.13 bits per heavy atom. The first kappa shape index (κ1) is 10.9. The van der Waals surface area contributed by atoms with Crippen molar-refractivity contribution < 1.29 is 4.74 Å². The number of aromatic nitrogens is 1. The molecule has 1 fully saturated rings. The second-order valence-electron chi connectivity index (χ2n) is 3.89. The highest BCUT2D eigenvalue weighted by Crippen LogP contribution is 2.27. The summed E-state index contributed by atoms with van der Waals surface area (Å²) in [5, 5.41) is 0.512. The second-order valence-corrected chi connectivity index (χ2v) is 4.28. The number of nitrogens with zero attached hydrogens (tertiary/aromatic N) is 1. The summed E-state index contributed by atoms with van der Waals surface area (Å²) in [4.78, 5) is 4.05. The fourth-order valence-electron chi connectivity index (χ4n) is 1.93. The Balaban J connectivity index is 2.05. The highest BCUT2D eigenvalue weighted by atomic mass is 35.5. The van der Waals surface area contributed by atoms with Crippen molar-refractivity contribution in [2.24, 2.45) is 11.7 Å². The van der Waals surface area contributed by atoms with Crippen molar-refractivity contribution >= 4 is 11.6 Å². The molecule has 0 radical (unpaired) electrons. The maximum absolute atomic E-state index is 6.18. The van der Waals surface area contributed by atoms with Gasteiger partial charge in [0.15, 0.2) is 0 Å². The zero-order valence-electron chi connectivity index (χ0n) is 8.53. The maximum atomic E-state index is 6.18. The third-order valence-corrected chi connectivity index (χ3v) is 3.13. The predicted octanol–water partition coefficient (Wildman–Crippen LogP) is 2.16. The van der Waals surface area contributed by atoms with Gasteiger partial charge in [0, 0.05) is 25.5 Å². The lowest BCUT2D eigenvalue weighted by Crippen LogP contribution is -2.27. The molecule has 0 amide bonds. The molecule has 0 aliphatic carbocycles. The molecule has 82 valence electrons. The quantitative estimate of drug-likeness (QED) is 0.787. The fourth-order valence-corrected chi connectivity index (χ4v) is 2.04. The van der Waals surface area contributed by atoms with Gasteiger partial charge in [-0.05, 0) is 30.4 Å². The lowest BCUT2D eigenvalue weighted by molar-refractivity contribution is 0.0583. The Kier molecular flexibility index (Phi) is 3.57. The minimum absolute atomic E-state index is 0.0543. The molecule has 1 aromatic heterocycles. The van der Waals surface area contributed by atoms with Crippen molar-refractivity contribution in [3.63, 3.8) is 0 Å². The van der Waals surface area contributed by atoms with Crippen LogP contribution in [0.25, 0.3) is 0 Å². The normalized spacial score (nSPS) is 20.1. The molecule has 0 unspecified atom stereocenters. The zero-order chi connectivity index (χ0) is 10.7. The van der Waals surface area contributed by atoms with Gasteiger partial charge >= 0.3 is 0 Å². The van der Waals surface area contributed by atoms with Crippen molar-refractivity contribution in [3.05, 3.63) is 29.0 Å². The average Bonchev–Trinajstić information content (AvgIpc) is 2.30. The molecule has 0 aromatic carbocycles. The minimum Gasteiger partial charge on any atom is -0.381 e. The predicted molar refractivity (Wildman–Crippen MR) is 59.7 cm³/mol. The average molecular weight is 227 g/mol. The molecule has 0 bridgehead atoms. The van der Waals surface area contributed by atoms with Crippen LogP contribution in [0.5, 0.6) is 0 Å². The van der Waals surface area contributed by atoms with Gasteiger partial charge in [0.05, 0.1) is 0 Å². The Bertz CT molecular complexity index is 309. The van der Waals surface area contributed by atoms with Crippen LogP contribution in [0.2, 0.25) is 5.15 Å². The molecule has 15 heavy (non-hydrogen) atoms. The first-order chi connectivity index (χ1) is 7.27. The molecule has 2 heterocycles. The van der Waals surface area contributed by atoms with Crippen LogP contribution in [0, 0.1) is 5.92 Å². The van der Waals surface area contributed by atoms with E-state index in [0.717, 1.165) is 31.6 Å². The van der Waals surface area contributed by atoms with Gasteiger partial charge in [-0.1, -0.05) is 17.7 Å². The molecule has 1 saturated heterocycles. The molecular formula is C11H15ClN2O. The monoisotopic (exact) mass is 226 g/mol. The van der Waals surface area contributed by atoms with Gasteiger partial charge in [-0.25, -0.2) is 4.98 Å². The van der Waals surface area contributed by atoms with Gasteiger partial charge in [-0.15, -0.1) is 0 Å². The number of rotatable bonds is 2. The van der Waals surface area contributed by atoms with Crippen LogP contribution >= 0.6 is 11.6 Å². The SMILES string of the molecule is N[C@H](c1ccc(Cl)nc1)C1CCOCC1. The molecular weight excluding hydrogens is 212 g/mol. The van der Waals surface area contributed by atoms with Gasteiger partial charge in [0.1, 0.15) is 5.15 Å². The topological polar surface area (TPSA) is 48.1 Å². The summed E-state index contributed by atoms with van der Waals surface area (Å²) in [7, 11) is 0. The summed E-state index contributed by atoms with van der Waals surface area (Å²) in [5.74, 6) is 0.502. The third-order valence-electron chi connectivity index (χ3n) is 2.91. The zero-order valence-corrected chi connectivity index (χ0v) is 9.28. The summed E-state index contributed by atoms with van der Waals surface area (Å²) in [6, 6.07) is 3.80. The van der Waals surface area contributed by atoms with Crippen molar-refractivity contribution in [2.75, 3.05) is 13.2 Å². The number of halogens is 1. The standard InChI is InChI=1S/C11H15ClN2O/c12-10-2-1-9(7-14-10)11(13)8-3-5-15-6-4-8/h1-2,7-8,11H,3-6,13H2/t11-/m0/s1. The van der Waals surface area contributed by atoms with Crippen LogP contribution in [0.4, 0.5) is 0 Å². The number of ether oxygens (including phenoxy) is 1. The number of pyridine rings is 1. The van der Waals surface area contributed by atoms with E-state index in [4.69, 9.17) is 22.1 Å². The van der Waals surface area contributed by atoms with E-state index < -0.39 is 0 Å². The van der Waals surface area contributed by atoms with Crippen molar-refractivity contribution in [1.82, 2.24) is 4.98 Å². The molecule has 1 atom stereocenters. The van der Waals surface area contributed by atoms with Crippen molar-refractivity contribution in [1.29, 1.82) is 0 Å². The van der Waals surface area contributed by atoms with Crippen LogP contribution < -0.4 is 5.73 Å². The Labute approximate surface area is 94.6 Å². The summed E-state index contributed by atoms with van der Waals surface area (Å²) in [6.07, 6.45) is 3.83. The number of hydrogen-bond donors (Lipinski definition) is 1. The summed E-state index contributed by atoms with van der Waals surface area (Å²) in [5.41, 5.74) is 7.24. The van der Waals surface area contributed by atoms with Gasteiger partial charge in [-0.3, -0.25) is 0 Å². The molecule has 2 rings (SSSR count). The molecule has 1 aliphatic rings. The van der Waals surface area contributed by atoms with E-state index in [9.17, 15) is 0 Å². The van der Waals surface area contributed by atoms with Gasteiger partial charge in [0.25, 0.3) is 0 Å². The minimum atomic E-state index is 0.0543. The number of hydrogen-bond acceptors (Lipinski definition) is 3. The van der Waals surface area contributed by atoms with Crippen LogP contribution in [-0.4, -0.2) is 18.2 Å².